The molecule has 1 N–H and O–H groups in total. The molecule has 0 radical (unpaired) electrons. The maximum atomic E-state index is 5.46. The molecule has 17 heavy (non-hydrogen) atoms. The summed E-state index contributed by atoms with van der Waals surface area (Å²) in [6.45, 7) is 1.34. The van der Waals surface area contributed by atoms with Crippen molar-refractivity contribution in [3.63, 3.8) is 0 Å². The summed E-state index contributed by atoms with van der Waals surface area (Å²) in [6, 6.07) is 5.99. The Hall–Kier alpha value is -1.88. The normalized spacial score (nSPS) is 13.5. The predicted molar refractivity (Wildman–Crippen MR) is 61.7 cm³/mol. The lowest BCUT2D eigenvalue weighted by Crippen LogP contribution is -2.04. The van der Waals surface area contributed by atoms with Gasteiger partial charge in [0, 0.05) is 12.0 Å². The van der Waals surface area contributed by atoms with Crippen LogP contribution in [0.4, 0.5) is 0 Å². The number of rotatable bonds is 3. The third kappa shape index (κ3) is 1.89. The van der Waals surface area contributed by atoms with Crippen LogP contribution in [0.1, 0.15) is 11.5 Å². The van der Waals surface area contributed by atoms with Gasteiger partial charge in [-0.2, -0.15) is 4.98 Å². The van der Waals surface area contributed by atoms with Crippen molar-refractivity contribution in [1.82, 2.24) is 15.5 Å². The smallest absolute Gasteiger partial charge is 0.240 e. The monoisotopic (exact) mass is 231 g/mol. The van der Waals surface area contributed by atoms with Crippen LogP contribution in [0.15, 0.2) is 22.7 Å². The SMILES string of the molecule is CNCc1nc(-c2ccc3c(c2)CCO3)no1. The molecule has 2 heterocycles. The van der Waals surface area contributed by atoms with E-state index in [0.29, 0.717) is 18.3 Å². The highest BCUT2D eigenvalue weighted by atomic mass is 16.5. The van der Waals surface area contributed by atoms with Crippen LogP contribution >= 0.6 is 0 Å². The highest BCUT2D eigenvalue weighted by Gasteiger charge is 2.15. The standard InChI is InChI=1S/C12H13N3O2/c1-13-7-11-14-12(15-17-11)9-2-3-10-8(6-9)4-5-16-10/h2-3,6,13H,4-5,7H2,1H3. The first-order chi connectivity index (χ1) is 8.36. The van der Waals surface area contributed by atoms with E-state index in [4.69, 9.17) is 9.26 Å². The number of hydrogen-bond acceptors (Lipinski definition) is 5. The Kier molecular flexibility index (Phi) is 2.53. The summed E-state index contributed by atoms with van der Waals surface area (Å²) in [4.78, 5) is 4.31. The fourth-order valence-electron chi connectivity index (χ4n) is 1.92. The highest BCUT2D eigenvalue weighted by molar-refractivity contribution is 5.59. The van der Waals surface area contributed by atoms with E-state index in [0.717, 1.165) is 24.3 Å². The molecule has 0 unspecified atom stereocenters. The molecule has 3 rings (SSSR count). The van der Waals surface area contributed by atoms with Crippen molar-refractivity contribution in [2.75, 3.05) is 13.7 Å². The Bertz CT molecular complexity index is 536. The molecule has 0 amide bonds. The molecule has 0 saturated heterocycles. The van der Waals surface area contributed by atoms with Crippen LogP contribution < -0.4 is 10.1 Å². The molecule has 0 saturated carbocycles. The Morgan fingerprint density at radius 3 is 3.24 bits per heavy atom. The van der Waals surface area contributed by atoms with E-state index in [1.165, 1.54) is 5.56 Å². The zero-order valence-electron chi connectivity index (χ0n) is 9.56. The fraction of sp³-hybridized carbons (Fsp3) is 0.333. The molecule has 88 valence electrons. The molecule has 1 aliphatic rings. The summed E-state index contributed by atoms with van der Waals surface area (Å²) in [5.41, 5.74) is 2.18. The first-order valence-electron chi connectivity index (χ1n) is 5.60. The Labute approximate surface area is 98.8 Å². The van der Waals surface area contributed by atoms with Crippen LogP contribution in [0.25, 0.3) is 11.4 Å². The average molecular weight is 231 g/mol. The van der Waals surface area contributed by atoms with Gasteiger partial charge in [0.1, 0.15) is 5.75 Å². The minimum absolute atomic E-state index is 0.584. The molecule has 0 aliphatic carbocycles. The number of nitrogens with zero attached hydrogens (tertiary/aromatic N) is 2. The van der Waals surface area contributed by atoms with Gasteiger partial charge in [-0.25, -0.2) is 0 Å². The van der Waals surface area contributed by atoms with Gasteiger partial charge in [0.05, 0.1) is 13.2 Å². The third-order valence-corrected chi connectivity index (χ3v) is 2.74. The summed E-state index contributed by atoms with van der Waals surface area (Å²) in [5, 5.41) is 6.94. The number of aromatic nitrogens is 2. The maximum absolute atomic E-state index is 5.46. The maximum Gasteiger partial charge on any atom is 0.240 e. The molecule has 5 nitrogen and oxygen atoms in total. The molecule has 1 aliphatic heterocycles. The second-order valence-electron chi connectivity index (χ2n) is 3.96. The summed E-state index contributed by atoms with van der Waals surface area (Å²) in [6.07, 6.45) is 0.949. The minimum atomic E-state index is 0.584. The van der Waals surface area contributed by atoms with Crippen molar-refractivity contribution < 1.29 is 9.26 Å². The zero-order valence-corrected chi connectivity index (χ0v) is 9.56. The quantitative estimate of drug-likeness (QED) is 0.865. The lowest BCUT2D eigenvalue weighted by Gasteiger charge is -1.99. The van der Waals surface area contributed by atoms with Gasteiger partial charge >= 0.3 is 0 Å². The van der Waals surface area contributed by atoms with E-state index in [1.54, 1.807) is 0 Å². The lowest BCUT2D eigenvalue weighted by atomic mass is 10.1. The Morgan fingerprint density at radius 2 is 2.35 bits per heavy atom. The van der Waals surface area contributed by atoms with Gasteiger partial charge in [0.15, 0.2) is 0 Å². The van der Waals surface area contributed by atoms with E-state index in [9.17, 15) is 0 Å². The van der Waals surface area contributed by atoms with Crippen molar-refractivity contribution in [3.05, 3.63) is 29.7 Å². The highest BCUT2D eigenvalue weighted by Crippen LogP contribution is 2.29. The second-order valence-corrected chi connectivity index (χ2v) is 3.96. The minimum Gasteiger partial charge on any atom is -0.493 e. The lowest BCUT2D eigenvalue weighted by molar-refractivity contribution is 0.357. The van der Waals surface area contributed by atoms with Gasteiger partial charge in [0.2, 0.25) is 11.7 Å². The fourth-order valence-corrected chi connectivity index (χ4v) is 1.92. The Balaban J connectivity index is 1.92. The molecule has 1 aromatic carbocycles. The van der Waals surface area contributed by atoms with Crippen molar-refractivity contribution >= 4 is 0 Å². The Morgan fingerprint density at radius 1 is 1.41 bits per heavy atom. The molecular weight excluding hydrogens is 218 g/mol. The van der Waals surface area contributed by atoms with E-state index < -0.39 is 0 Å². The van der Waals surface area contributed by atoms with Crippen molar-refractivity contribution in [1.29, 1.82) is 0 Å². The van der Waals surface area contributed by atoms with Gasteiger partial charge in [-0.15, -0.1) is 0 Å². The third-order valence-electron chi connectivity index (χ3n) is 2.74. The first-order valence-corrected chi connectivity index (χ1v) is 5.60. The van der Waals surface area contributed by atoms with Crippen LogP contribution in [0.2, 0.25) is 0 Å². The van der Waals surface area contributed by atoms with Gasteiger partial charge in [-0.1, -0.05) is 5.16 Å². The zero-order chi connectivity index (χ0) is 11.7. The van der Waals surface area contributed by atoms with Gasteiger partial charge in [0.25, 0.3) is 0 Å². The molecular formula is C12H13N3O2. The second kappa shape index (κ2) is 4.18. The van der Waals surface area contributed by atoms with Crippen LogP contribution in [0.3, 0.4) is 0 Å². The van der Waals surface area contributed by atoms with Gasteiger partial charge < -0.3 is 14.6 Å². The molecule has 2 aromatic rings. The summed E-state index contributed by atoms with van der Waals surface area (Å²) in [7, 11) is 1.84. The molecule has 1 aromatic heterocycles. The summed E-state index contributed by atoms with van der Waals surface area (Å²) in [5.74, 6) is 2.19. The number of hydrogen-bond donors (Lipinski definition) is 1. The first kappa shape index (κ1) is 10.3. The number of benzene rings is 1. The van der Waals surface area contributed by atoms with Crippen LogP contribution in [0, 0.1) is 0 Å². The number of ether oxygens (including phenoxy) is 1. The van der Waals surface area contributed by atoms with Gasteiger partial charge in [-0.05, 0) is 30.8 Å². The van der Waals surface area contributed by atoms with E-state index in [2.05, 4.69) is 21.5 Å². The topological polar surface area (TPSA) is 60.2 Å². The summed E-state index contributed by atoms with van der Waals surface area (Å²) >= 11 is 0. The number of nitrogens with one attached hydrogen (secondary N) is 1. The van der Waals surface area contributed by atoms with E-state index in [-0.39, 0.29) is 0 Å². The van der Waals surface area contributed by atoms with Crippen molar-refractivity contribution in [2.45, 2.75) is 13.0 Å². The summed E-state index contributed by atoms with van der Waals surface area (Å²) < 4.78 is 10.6. The van der Waals surface area contributed by atoms with E-state index >= 15 is 0 Å². The van der Waals surface area contributed by atoms with Gasteiger partial charge in [-0.3, -0.25) is 0 Å². The molecule has 0 bridgehead atoms. The molecule has 5 heteroatoms. The molecule has 0 spiro atoms. The van der Waals surface area contributed by atoms with Crippen LogP contribution in [0.5, 0.6) is 5.75 Å². The number of fused-ring (bicyclic) bond motifs is 1. The van der Waals surface area contributed by atoms with Crippen LogP contribution in [-0.2, 0) is 13.0 Å². The molecule has 0 fully saturated rings. The van der Waals surface area contributed by atoms with Crippen LogP contribution in [-0.4, -0.2) is 23.8 Å². The average Bonchev–Trinajstić information content (AvgIpc) is 2.96. The van der Waals surface area contributed by atoms with Crippen molar-refractivity contribution in [3.8, 4) is 17.1 Å². The van der Waals surface area contributed by atoms with E-state index in [1.807, 2.05) is 19.2 Å². The largest absolute Gasteiger partial charge is 0.493 e. The van der Waals surface area contributed by atoms with Crippen molar-refractivity contribution in [2.24, 2.45) is 0 Å². The predicted octanol–water partition coefficient (Wildman–Crippen LogP) is 1.39. The molecule has 0 atom stereocenters.